The maximum Gasteiger partial charge on any atom is 0.422 e. The van der Waals surface area contributed by atoms with Gasteiger partial charge in [-0.25, -0.2) is 4.39 Å². The van der Waals surface area contributed by atoms with Crippen LogP contribution in [0.4, 0.5) is 17.6 Å². The van der Waals surface area contributed by atoms with Crippen molar-refractivity contribution in [2.24, 2.45) is 11.7 Å². The Bertz CT molecular complexity index is 272. The molecule has 5 heteroatoms. The highest BCUT2D eigenvalue weighted by molar-refractivity contribution is 5.02. The van der Waals surface area contributed by atoms with Crippen molar-refractivity contribution >= 4 is 0 Å². The van der Waals surface area contributed by atoms with Crippen molar-refractivity contribution in [2.75, 3.05) is 0 Å². The zero-order chi connectivity index (χ0) is 12.0. The van der Waals surface area contributed by atoms with Crippen LogP contribution in [-0.2, 0) is 0 Å². The zero-order valence-corrected chi connectivity index (χ0v) is 9.12. The van der Waals surface area contributed by atoms with Crippen LogP contribution in [0.15, 0.2) is 0 Å². The van der Waals surface area contributed by atoms with E-state index in [1.54, 1.807) is 0 Å². The van der Waals surface area contributed by atoms with E-state index in [0.29, 0.717) is 19.3 Å². The van der Waals surface area contributed by atoms with Crippen LogP contribution in [0.1, 0.15) is 44.9 Å². The molecule has 16 heavy (non-hydrogen) atoms. The Labute approximate surface area is 92.4 Å². The number of halogens is 4. The van der Waals surface area contributed by atoms with Crippen LogP contribution in [0.3, 0.4) is 0 Å². The van der Waals surface area contributed by atoms with Gasteiger partial charge < -0.3 is 5.73 Å². The van der Waals surface area contributed by atoms with Gasteiger partial charge >= 0.3 is 6.18 Å². The molecule has 2 aliphatic carbocycles. The van der Waals surface area contributed by atoms with Gasteiger partial charge in [0.1, 0.15) is 0 Å². The summed E-state index contributed by atoms with van der Waals surface area (Å²) in [5, 5.41) is 0. The Morgan fingerprint density at radius 1 is 1.19 bits per heavy atom. The molecule has 0 aliphatic heterocycles. The Morgan fingerprint density at radius 3 is 2.31 bits per heavy atom. The molecule has 0 aromatic carbocycles. The summed E-state index contributed by atoms with van der Waals surface area (Å²) >= 11 is 0. The van der Waals surface area contributed by atoms with Crippen LogP contribution in [-0.4, -0.2) is 17.4 Å². The van der Waals surface area contributed by atoms with E-state index in [-0.39, 0.29) is 17.9 Å². The molecule has 94 valence electrons. The molecule has 2 N–H and O–H groups in total. The minimum Gasteiger partial charge on any atom is -0.325 e. The maximum absolute atomic E-state index is 13.8. The van der Waals surface area contributed by atoms with Gasteiger partial charge in [0.15, 0.2) is 0 Å². The highest BCUT2D eigenvalue weighted by Crippen LogP contribution is 2.50. The van der Waals surface area contributed by atoms with Crippen molar-refractivity contribution in [3.05, 3.63) is 0 Å². The van der Waals surface area contributed by atoms with Gasteiger partial charge in [0.2, 0.25) is 5.67 Å². The standard InChI is InChI=1S/C11H17F4N/c12-10(11(13,14)15)3-1-2-8(7-10)6-9(16)4-5-9/h8H,1-7,16H2. The molecule has 0 amide bonds. The number of nitrogens with two attached hydrogens (primary N) is 1. The zero-order valence-electron chi connectivity index (χ0n) is 9.12. The molecule has 0 radical (unpaired) electrons. The largest absolute Gasteiger partial charge is 0.422 e. The summed E-state index contributed by atoms with van der Waals surface area (Å²) in [4.78, 5) is 0. The number of hydrogen-bond acceptors (Lipinski definition) is 1. The molecule has 0 saturated heterocycles. The van der Waals surface area contributed by atoms with E-state index in [2.05, 4.69) is 0 Å². The van der Waals surface area contributed by atoms with Crippen LogP contribution >= 0.6 is 0 Å². The fourth-order valence-corrected chi connectivity index (χ4v) is 2.70. The van der Waals surface area contributed by atoms with Gasteiger partial charge in [-0.3, -0.25) is 0 Å². The molecule has 2 saturated carbocycles. The molecule has 0 aromatic rings. The van der Waals surface area contributed by atoms with Crippen LogP contribution in [0, 0.1) is 5.92 Å². The van der Waals surface area contributed by atoms with Gasteiger partial charge in [-0.05, 0) is 44.4 Å². The van der Waals surface area contributed by atoms with E-state index in [9.17, 15) is 17.6 Å². The third kappa shape index (κ3) is 2.34. The molecule has 2 aliphatic rings. The first-order valence-electron chi connectivity index (χ1n) is 5.79. The molecule has 2 fully saturated rings. The lowest BCUT2D eigenvalue weighted by molar-refractivity contribution is -0.244. The minimum atomic E-state index is -4.73. The summed E-state index contributed by atoms with van der Waals surface area (Å²) < 4.78 is 51.4. The lowest BCUT2D eigenvalue weighted by Crippen LogP contribution is -2.45. The fourth-order valence-electron chi connectivity index (χ4n) is 2.70. The smallest absolute Gasteiger partial charge is 0.325 e. The summed E-state index contributed by atoms with van der Waals surface area (Å²) in [6.45, 7) is 0. The Morgan fingerprint density at radius 2 is 1.81 bits per heavy atom. The predicted octanol–water partition coefficient (Wildman–Crippen LogP) is 3.33. The van der Waals surface area contributed by atoms with Crippen LogP contribution in [0.25, 0.3) is 0 Å². The van der Waals surface area contributed by atoms with E-state index in [0.717, 1.165) is 12.8 Å². The van der Waals surface area contributed by atoms with E-state index in [1.165, 1.54) is 0 Å². The van der Waals surface area contributed by atoms with E-state index in [4.69, 9.17) is 5.73 Å². The third-order valence-electron chi connectivity index (χ3n) is 3.89. The number of hydrogen-bond donors (Lipinski definition) is 1. The third-order valence-corrected chi connectivity index (χ3v) is 3.89. The van der Waals surface area contributed by atoms with Crippen molar-refractivity contribution < 1.29 is 17.6 Å². The highest BCUT2D eigenvalue weighted by atomic mass is 19.4. The van der Waals surface area contributed by atoms with Crippen LogP contribution < -0.4 is 5.73 Å². The quantitative estimate of drug-likeness (QED) is 0.735. The van der Waals surface area contributed by atoms with Gasteiger partial charge in [-0.15, -0.1) is 0 Å². The van der Waals surface area contributed by atoms with Crippen molar-refractivity contribution in [1.82, 2.24) is 0 Å². The normalized spacial score (nSPS) is 38.4. The molecular weight excluding hydrogens is 222 g/mol. The number of rotatable bonds is 2. The summed E-state index contributed by atoms with van der Waals surface area (Å²) in [5.74, 6) is -0.201. The fraction of sp³-hybridized carbons (Fsp3) is 1.00. The molecule has 0 aromatic heterocycles. The lowest BCUT2D eigenvalue weighted by Gasteiger charge is -2.36. The van der Waals surface area contributed by atoms with Crippen LogP contribution in [0.2, 0.25) is 0 Å². The first-order valence-corrected chi connectivity index (χ1v) is 5.79. The molecule has 2 rings (SSSR count). The van der Waals surface area contributed by atoms with Gasteiger partial charge in [-0.1, -0.05) is 6.42 Å². The van der Waals surface area contributed by atoms with Gasteiger partial charge in [-0.2, -0.15) is 13.2 Å². The predicted molar refractivity (Wildman–Crippen MR) is 52.6 cm³/mol. The number of alkyl halides is 4. The molecule has 0 spiro atoms. The Balaban J connectivity index is 1.98. The molecular formula is C11H17F4N. The van der Waals surface area contributed by atoms with Gasteiger partial charge in [0.25, 0.3) is 0 Å². The molecule has 0 heterocycles. The highest BCUT2D eigenvalue weighted by Gasteiger charge is 2.58. The Kier molecular flexibility index (Phi) is 2.72. The van der Waals surface area contributed by atoms with Gasteiger partial charge in [0, 0.05) is 5.54 Å². The second-order valence-electron chi connectivity index (χ2n) is 5.49. The van der Waals surface area contributed by atoms with E-state index in [1.807, 2.05) is 0 Å². The average Bonchev–Trinajstić information content (AvgIpc) is 2.81. The van der Waals surface area contributed by atoms with Crippen molar-refractivity contribution in [1.29, 1.82) is 0 Å². The first-order chi connectivity index (χ1) is 7.24. The molecule has 2 atom stereocenters. The topological polar surface area (TPSA) is 26.0 Å². The van der Waals surface area contributed by atoms with Gasteiger partial charge in [0.05, 0.1) is 0 Å². The van der Waals surface area contributed by atoms with Crippen molar-refractivity contribution in [3.8, 4) is 0 Å². The summed E-state index contributed by atoms with van der Waals surface area (Å²) in [5.41, 5.74) is 2.62. The van der Waals surface area contributed by atoms with E-state index < -0.39 is 18.3 Å². The second kappa shape index (κ2) is 3.59. The molecule has 0 bridgehead atoms. The summed E-state index contributed by atoms with van der Waals surface area (Å²) in [7, 11) is 0. The SMILES string of the molecule is NC1(CC2CCCC(F)(C(F)(F)F)C2)CC1. The maximum atomic E-state index is 13.8. The summed E-state index contributed by atoms with van der Waals surface area (Å²) in [6.07, 6.45) is -2.22. The minimum absolute atomic E-state index is 0.201. The Hall–Kier alpha value is -0.320. The van der Waals surface area contributed by atoms with E-state index >= 15 is 0 Å². The van der Waals surface area contributed by atoms with Crippen molar-refractivity contribution in [3.63, 3.8) is 0 Å². The monoisotopic (exact) mass is 239 g/mol. The molecule has 1 nitrogen and oxygen atoms in total. The van der Waals surface area contributed by atoms with Crippen molar-refractivity contribution in [2.45, 2.75) is 62.3 Å². The van der Waals surface area contributed by atoms with Crippen LogP contribution in [0.5, 0.6) is 0 Å². The first kappa shape index (κ1) is 12.1. The summed E-state index contributed by atoms with van der Waals surface area (Å²) in [6, 6.07) is 0. The average molecular weight is 239 g/mol. The second-order valence-corrected chi connectivity index (χ2v) is 5.49. The lowest BCUT2D eigenvalue weighted by atomic mass is 9.76. The molecule has 2 unspecified atom stereocenters.